The predicted octanol–water partition coefficient (Wildman–Crippen LogP) is 1.68. The summed E-state index contributed by atoms with van der Waals surface area (Å²) < 4.78 is 0. The van der Waals surface area contributed by atoms with Crippen molar-refractivity contribution in [2.75, 3.05) is 0 Å². The lowest BCUT2D eigenvalue weighted by Gasteiger charge is -2.16. The van der Waals surface area contributed by atoms with Crippen LogP contribution in [-0.2, 0) is 11.3 Å². The lowest BCUT2D eigenvalue weighted by atomic mass is 10.0. The van der Waals surface area contributed by atoms with Gasteiger partial charge in [0.2, 0.25) is 0 Å². The zero-order valence-corrected chi connectivity index (χ0v) is 11.0. The lowest BCUT2D eigenvalue weighted by Crippen LogP contribution is -2.37. The van der Waals surface area contributed by atoms with Crippen LogP contribution in [0.3, 0.4) is 0 Å². The maximum atomic E-state index is 11.1. The highest BCUT2D eigenvalue weighted by Gasteiger charge is 2.18. The molecule has 1 aromatic heterocycles. The van der Waals surface area contributed by atoms with Gasteiger partial charge in [0.05, 0.1) is 5.69 Å². The second-order valence-corrected chi connectivity index (χ2v) is 4.82. The first-order chi connectivity index (χ1) is 8.40. The molecular weight excluding hydrogens is 232 g/mol. The van der Waals surface area contributed by atoms with Crippen molar-refractivity contribution in [1.29, 1.82) is 0 Å². The van der Waals surface area contributed by atoms with E-state index in [0.29, 0.717) is 12.1 Å². The van der Waals surface area contributed by atoms with E-state index >= 15 is 0 Å². The number of hydrogen-bond donors (Lipinski definition) is 3. The summed E-state index contributed by atoms with van der Waals surface area (Å²) in [6.07, 6.45) is 0.544. The van der Waals surface area contributed by atoms with Gasteiger partial charge in [-0.05, 0) is 31.4 Å². The molecule has 0 radical (unpaired) electrons. The number of carbonyl (C=O) groups is 1. The van der Waals surface area contributed by atoms with Gasteiger partial charge in [-0.15, -0.1) is 0 Å². The van der Waals surface area contributed by atoms with Gasteiger partial charge in [-0.2, -0.15) is 0 Å². The van der Waals surface area contributed by atoms with Crippen molar-refractivity contribution in [3.05, 3.63) is 23.5 Å². The molecule has 5 heteroatoms. The highest BCUT2D eigenvalue weighted by atomic mass is 16.4. The molecule has 1 aromatic rings. The Labute approximate surface area is 107 Å². The monoisotopic (exact) mass is 252 g/mol. The molecule has 0 spiro atoms. The van der Waals surface area contributed by atoms with Gasteiger partial charge in [-0.3, -0.25) is 15.1 Å². The van der Waals surface area contributed by atoms with E-state index in [1.54, 1.807) is 12.1 Å². The zero-order valence-electron chi connectivity index (χ0n) is 11.0. The molecule has 0 saturated carbocycles. The van der Waals surface area contributed by atoms with Gasteiger partial charge in [0.25, 0.3) is 0 Å². The predicted molar refractivity (Wildman–Crippen MR) is 68.4 cm³/mol. The summed E-state index contributed by atoms with van der Waals surface area (Å²) >= 11 is 0. The summed E-state index contributed by atoms with van der Waals surface area (Å²) in [5, 5.41) is 21.6. The van der Waals surface area contributed by atoms with Crippen LogP contribution in [0.4, 0.5) is 0 Å². The lowest BCUT2D eigenvalue weighted by molar-refractivity contribution is -0.140. The van der Waals surface area contributed by atoms with Crippen LogP contribution in [0.25, 0.3) is 0 Å². The maximum absolute atomic E-state index is 11.1. The second-order valence-electron chi connectivity index (χ2n) is 4.82. The Bertz CT molecular complexity index is 419. The summed E-state index contributed by atoms with van der Waals surface area (Å²) in [4.78, 5) is 15.2. The minimum atomic E-state index is -0.879. The van der Waals surface area contributed by atoms with Crippen LogP contribution < -0.4 is 5.32 Å². The minimum absolute atomic E-state index is 0.0850. The molecule has 0 aliphatic heterocycles. The van der Waals surface area contributed by atoms with Crippen LogP contribution in [0.15, 0.2) is 12.1 Å². The van der Waals surface area contributed by atoms with Crippen molar-refractivity contribution in [3.8, 4) is 5.75 Å². The van der Waals surface area contributed by atoms with Crippen LogP contribution in [0.1, 0.15) is 31.7 Å². The van der Waals surface area contributed by atoms with E-state index in [-0.39, 0.29) is 18.2 Å². The van der Waals surface area contributed by atoms with E-state index in [2.05, 4.69) is 10.3 Å². The number of aromatic nitrogens is 1. The molecule has 0 aromatic carbocycles. The molecule has 18 heavy (non-hydrogen) atoms. The Kier molecular flexibility index (Phi) is 5.09. The molecule has 1 atom stereocenters. The Morgan fingerprint density at radius 2 is 2.11 bits per heavy atom. The third kappa shape index (κ3) is 4.33. The largest absolute Gasteiger partial charge is 0.506 e. The number of rotatable bonds is 6. The quantitative estimate of drug-likeness (QED) is 0.717. The minimum Gasteiger partial charge on any atom is -0.506 e. The third-order valence-corrected chi connectivity index (χ3v) is 2.61. The van der Waals surface area contributed by atoms with E-state index in [9.17, 15) is 9.90 Å². The molecule has 1 heterocycles. The van der Waals surface area contributed by atoms with Crippen LogP contribution in [0, 0.1) is 12.8 Å². The first kappa shape index (κ1) is 14.4. The molecule has 1 unspecified atom stereocenters. The summed E-state index contributed by atoms with van der Waals surface area (Å²) in [7, 11) is 0. The van der Waals surface area contributed by atoms with E-state index < -0.39 is 12.0 Å². The second kappa shape index (κ2) is 6.35. The summed E-state index contributed by atoms with van der Waals surface area (Å²) in [6.45, 7) is 6.02. The fourth-order valence-electron chi connectivity index (χ4n) is 1.70. The van der Waals surface area contributed by atoms with Crippen molar-refractivity contribution in [1.82, 2.24) is 10.3 Å². The molecule has 0 bridgehead atoms. The van der Waals surface area contributed by atoms with Gasteiger partial charge in [0.15, 0.2) is 0 Å². The molecule has 100 valence electrons. The smallest absolute Gasteiger partial charge is 0.320 e. The number of hydrogen-bond acceptors (Lipinski definition) is 4. The van der Waals surface area contributed by atoms with E-state index in [1.807, 2.05) is 20.8 Å². The van der Waals surface area contributed by atoms with Crippen molar-refractivity contribution in [2.45, 2.75) is 39.8 Å². The number of carboxylic acid groups (broad SMARTS) is 1. The van der Waals surface area contributed by atoms with Crippen LogP contribution in [0.2, 0.25) is 0 Å². The highest BCUT2D eigenvalue weighted by molar-refractivity contribution is 5.73. The Balaban J connectivity index is 2.66. The van der Waals surface area contributed by atoms with E-state index in [0.717, 1.165) is 5.69 Å². The number of aliphatic carboxylic acids is 1. The van der Waals surface area contributed by atoms with Crippen LogP contribution >= 0.6 is 0 Å². The van der Waals surface area contributed by atoms with Crippen molar-refractivity contribution in [2.24, 2.45) is 5.92 Å². The average Bonchev–Trinajstić information content (AvgIpc) is 2.27. The Hall–Kier alpha value is -1.62. The van der Waals surface area contributed by atoms with E-state index in [1.165, 1.54) is 0 Å². The number of nitrogens with zero attached hydrogens (tertiary/aromatic N) is 1. The van der Waals surface area contributed by atoms with Gasteiger partial charge in [-0.25, -0.2) is 0 Å². The number of pyridine rings is 1. The molecule has 0 aliphatic carbocycles. The fourth-order valence-corrected chi connectivity index (χ4v) is 1.70. The van der Waals surface area contributed by atoms with Gasteiger partial charge in [-0.1, -0.05) is 13.8 Å². The average molecular weight is 252 g/mol. The SMILES string of the molecule is Cc1ccc(O)c(CNC(CC(C)C)C(=O)O)n1. The topological polar surface area (TPSA) is 82.5 Å². The zero-order chi connectivity index (χ0) is 13.7. The Morgan fingerprint density at radius 1 is 1.44 bits per heavy atom. The number of nitrogens with one attached hydrogen (secondary N) is 1. The first-order valence-corrected chi connectivity index (χ1v) is 6.01. The maximum Gasteiger partial charge on any atom is 0.320 e. The normalized spacial score (nSPS) is 12.7. The molecular formula is C13H20N2O3. The third-order valence-electron chi connectivity index (χ3n) is 2.61. The first-order valence-electron chi connectivity index (χ1n) is 6.01. The molecule has 0 saturated heterocycles. The van der Waals surface area contributed by atoms with Gasteiger partial charge in [0.1, 0.15) is 11.8 Å². The van der Waals surface area contributed by atoms with Crippen molar-refractivity contribution >= 4 is 5.97 Å². The molecule has 5 nitrogen and oxygen atoms in total. The number of carboxylic acids is 1. The van der Waals surface area contributed by atoms with E-state index in [4.69, 9.17) is 5.11 Å². The molecule has 0 aliphatic rings. The van der Waals surface area contributed by atoms with Crippen molar-refractivity contribution in [3.63, 3.8) is 0 Å². The number of aromatic hydroxyl groups is 1. The van der Waals surface area contributed by atoms with Crippen LogP contribution in [-0.4, -0.2) is 27.2 Å². The molecule has 0 fully saturated rings. The summed E-state index contributed by atoms with van der Waals surface area (Å²) in [6, 6.07) is 2.66. The Morgan fingerprint density at radius 3 is 2.67 bits per heavy atom. The van der Waals surface area contributed by atoms with Gasteiger partial charge < -0.3 is 10.2 Å². The standard InChI is InChI=1S/C13H20N2O3/c1-8(2)6-10(13(17)18)14-7-11-12(16)5-4-9(3)15-11/h4-5,8,10,14,16H,6-7H2,1-3H3,(H,17,18). The molecule has 0 amide bonds. The molecule has 1 rings (SSSR count). The summed E-state index contributed by atoms with van der Waals surface area (Å²) in [5.74, 6) is -0.504. The van der Waals surface area contributed by atoms with Crippen molar-refractivity contribution < 1.29 is 15.0 Å². The summed E-state index contributed by atoms with van der Waals surface area (Å²) in [5.41, 5.74) is 1.27. The van der Waals surface area contributed by atoms with Gasteiger partial charge in [0, 0.05) is 12.2 Å². The fraction of sp³-hybridized carbons (Fsp3) is 0.538. The highest BCUT2D eigenvalue weighted by Crippen LogP contribution is 2.15. The van der Waals surface area contributed by atoms with Crippen LogP contribution in [0.5, 0.6) is 5.75 Å². The molecule has 3 N–H and O–H groups in total. The van der Waals surface area contributed by atoms with Gasteiger partial charge >= 0.3 is 5.97 Å². The number of aryl methyl sites for hydroxylation is 1.